The Labute approximate surface area is 162 Å². The van der Waals surface area contributed by atoms with Crippen molar-refractivity contribution in [2.75, 3.05) is 10.6 Å². The second-order valence-corrected chi connectivity index (χ2v) is 6.31. The van der Waals surface area contributed by atoms with E-state index in [9.17, 15) is 9.59 Å². The molecule has 0 aromatic heterocycles. The molecule has 0 unspecified atom stereocenters. The lowest BCUT2D eigenvalue weighted by atomic mass is 10.2. The third-order valence-corrected chi connectivity index (χ3v) is 4.18. The normalized spacial score (nSPS) is 10.3. The van der Waals surface area contributed by atoms with E-state index in [2.05, 4.69) is 5.32 Å². The molecule has 3 rings (SSSR count). The number of carbonyl (C=O) groups excluding carboxylic acids is 2. The fourth-order valence-corrected chi connectivity index (χ4v) is 2.67. The van der Waals surface area contributed by atoms with E-state index in [1.165, 1.54) is 4.90 Å². The first-order valence-electron chi connectivity index (χ1n) is 8.32. The van der Waals surface area contributed by atoms with Gasteiger partial charge in [0.15, 0.2) is 0 Å². The van der Waals surface area contributed by atoms with Gasteiger partial charge in [-0.1, -0.05) is 41.9 Å². The average Bonchev–Trinajstić information content (AvgIpc) is 2.69. The van der Waals surface area contributed by atoms with Gasteiger partial charge in [-0.2, -0.15) is 0 Å². The maximum atomic E-state index is 12.9. The molecule has 0 radical (unpaired) electrons. The lowest BCUT2D eigenvalue weighted by Gasteiger charge is -2.22. The van der Waals surface area contributed by atoms with Crippen molar-refractivity contribution in [3.8, 4) is 0 Å². The van der Waals surface area contributed by atoms with Gasteiger partial charge in [-0.25, -0.2) is 0 Å². The van der Waals surface area contributed by atoms with Gasteiger partial charge in [-0.05, 0) is 54.1 Å². The Hall–Kier alpha value is -3.31. The summed E-state index contributed by atoms with van der Waals surface area (Å²) in [6, 6.07) is 22.8. The molecule has 0 fully saturated rings. The summed E-state index contributed by atoms with van der Waals surface area (Å²) in [5.74, 6) is -1.38. The number of halogens is 1. The molecule has 0 heterocycles. The van der Waals surface area contributed by atoms with Crippen LogP contribution < -0.4 is 16.0 Å². The molecule has 0 saturated carbocycles. The van der Waals surface area contributed by atoms with Gasteiger partial charge in [0.1, 0.15) is 0 Å². The summed E-state index contributed by atoms with van der Waals surface area (Å²) >= 11 is 5.86. The van der Waals surface area contributed by atoms with E-state index >= 15 is 0 Å². The third kappa shape index (κ3) is 4.65. The number of nitrogens with one attached hydrogen (secondary N) is 1. The molecule has 0 atom stereocenters. The molecule has 136 valence electrons. The molecule has 0 aliphatic carbocycles. The van der Waals surface area contributed by atoms with Gasteiger partial charge in [0.05, 0.1) is 0 Å². The predicted molar refractivity (Wildman–Crippen MR) is 108 cm³/mol. The van der Waals surface area contributed by atoms with Crippen molar-refractivity contribution in [1.29, 1.82) is 0 Å². The highest BCUT2D eigenvalue weighted by Gasteiger charge is 2.24. The lowest BCUT2D eigenvalue weighted by Crippen LogP contribution is -2.40. The molecule has 0 aliphatic rings. The third-order valence-electron chi connectivity index (χ3n) is 3.93. The number of carbonyl (C=O) groups is 2. The number of rotatable bonds is 4. The van der Waals surface area contributed by atoms with Crippen LogP contribution in [0.4, 0.5) is 17.1 Å². The minimum Gasteiger partial charge on any atom is -0.399 e. The van der Waals surface area contributed by atoms with E-state index in [-0.39, 0.29) is 6.54 Å². The monoisotopic (exact) mass is 379 g/mol. The SMILES string of the molecule is Nc1ccc(N(C(=O)C(=O)NCc2ccc(Cl)cc2)c2ccccc2)cc1. The van der Waals surface area contributed by atoms with E-state index < -0.39 is 11.8 Å². The summed E-state index contributed by atoms with van der Waals surface area (Å²) in [6.07, 6.45) is 0. The van der Waals surface area contributed by atoms with Crippen LogP contribution in [0.15, 0.2) is 78.9 Å². The first kappa shape index (κ1) is 18.5. The highest BCUT2D eigenvalue weighted by Crippen LogP contribution is 2.26. The van der Waals surface area contributed by atoms with Gasteiger partial charge in [0, 0.05) is 28.6 Å². The largest absolute Gasteiger partial charge is 0.399 e. The smallest absolute Gasteiger partial charge is 0.320 e. The van der Waals surface area contributed by atoms with Crippen LogP contribution >= 0.6 is 11.6 Å². The zero-order valence-corrected chi connectivity index (χ0v) is 15.2. The van der Waals surface area contributed by atoms with Gasteiger partial charge < -0.3 is 11.1 Å². The summed E-state index contributed by atoms with van der Waals surface area (Å²) in [4.78, 5) is 26.7. The molecule has 6 heteroatoms. The summed E-state index contributed by atoms with van der Waals surface area (Å²) in [6.45, 7) is 0.228. The number of hydrogen-bond donors (Lipinski definition) is 2. The van der Waals surface area contributed by atoms with Gasteiger partial charge in [0.25, 0.3) is 0 Å². The van der Waals surface area contributed by atoms with E-state index in [0.29, 0.717) is 22.1 Å². The highest BCUT2D eigenvalue weighted by atomic mass is 35.5. The standard InChI is InChI=1S/C21H18ClN3O2/c22-16-8-6-15(7-9-16)14-24-20(26)21(27)25(18-4-2-1-3-5-18)19-12-10-17(23)11-13-19/h1-13H,14,23H2,(H,24,26). The second-order valence-electron chi connectivity index (χ2n) is 5.88. The zero-order valence-electron chi connectivity index (χ0n) is 14.4. The first-order valence-corrected chi connectivity index (χ1v) is 8.70. The lowest BCUT2D eigenvalue weighted by molar-refractivity contribution is -0.137. The predicted octanol–water partition coefficient (Wildman–Crippen LogP) is 3.90. The zero-order chi connectivity index (χ0) is 19.2. The Morgan fingerprint density at radius 1 is 0.852 bits per heavy atom. The summed E-state index contributed by atoms with van der Waals surface area (Å²) in [5.41, 5.74) is 8.30. The van der Waals surface area contributed by atoms with Crippen molar-refractivity contribution in [3.05, 3.63) is 89.4 Å². The maximum absolute atomic E-state index is 12.9. The number of nitrogens with two attached hydrogens (primary N) is 1. The molecule has 0 bridgehead atoms. The summed E-state index contributed by atoms with van der Waals surface area (Å²) in [5, 5.41) is 3.26. The number of benzene rings is 3. The molecule has 3 aromatic carbocycles. The fraction of sp³-hybridized carbons (Fsp3) is 0.0476. The number of anilines is 3. The Bertz CT molecular complexity index is 926. The number of hydrogen-bond acceptors (Lipinski definition) is 3. The molecular weight excluding hydrogens is 362 g/mol. The minimum absolute atomic E-state index is 0.228. The van der Waals surface area contributed by atoms with Gasteiger partial charge in [0.2, 0.25) is 0 Å². The van der Waals surface area contributed by atoms with Crippen LogP contribution in [0.1, 0.15) is 5.56 Å². The topological polar surface area (TPSA) is 75.4 Å². The van der Waals surface area contributed by atoms with Crippen molar-refractivity contribution >= 4 is 40.5 Å². The van der Waals surface area contributed by atoms with Gasteiger partial charge >= 0.3 is 11.8 Å². The van der Waals surface area contributed by atoms with E-state index in [1.807, 2.05) is 6.07 Å². The van der Waals surface area contributed by atoms with Crippen LogP contribution in [0.5, 0.6) is 0 Å². The van der Waals surface area contributed by atoms with Crippen LogP contribution in [0, 0.1) is 0 Å². The first-order chi connectivity index (χ1) is 13.0. The molecule has 2 amide bonds. The molecule has 0 spiro atoms. The quantitative estimate of drug-likeness (QED) is 0.533. The van der Waals surface area contributed by atoms with Crippen molar-refractivity contribution in [2.24, 2.45) is 0 Å². The van der Waals surface area contributed by atoms with Crippen LogP contribution in [0.2, 0.25) is 5.02 Å². The van der Waals surface area contributed by atoms with Crippen molar-refractivity contribution in [2.45, 2.75) is 6.54 Å². The molecule has 27 heavy (non-hydrogen) atoms. The molecule has 0 aliphatic heterocycles. The molecule has 0 saturated heterocycles. The fourth-order valence-electron chi connectivity index (χ4n) is 2.55. The molecule has 3 aromatic rings. The van der Waals surface area contributed by atoms with E-state index in [4.69, 9.17) is 17.3 Å². The van der Waals surface area contributed by atoms with Crippen molar-refractivity contribution in [1.82, 2.24) is 5.32 Å². The second kappa shape index (κ2) is 8.38. The Morgan fingerprint density at radius 2 is 1.44 bits per heavy atom. The van der Waals surface area contributed by atoms with Gasteiger partial charge in [-0.3, -0.25) is 14.5 Å². The van der Waals surface area contributed by atoms with E-state index in [1.54, 1.807) is 72.8 Å². The molecular formula is C21H18ClN3O2. The molecule has 5 nitrogen and oxygen atoms in total. The van der Waals surface area contributed by atoms with Crippen molar-refractivity contribution < 1.29 is 9.59 Å². The minimum atomic E-state index is -0.703. The Morgan fingerprint density at radius 3 is 2.07 bits per heavy atom. The van der Waals surface area contributed by atoms with Crippen molar-refractivity contribution in [3.63, 3.8) is 0 Å². The average molecular weight is 380 g/mol. The Balaban J connectivity index is 1.80. The van der Waals surface area contributed by atoms with E-state index in [0.717, 1.165) is 5.56 Å². The summed E-state index contributed by atoms with van der Waals surface area (Å²) in [7, 11) is 0. The number of nitrogens with zero attached hydrogens (tertiary/aromatic N) is 1. The maximum Gasteiger partial charge on any atom is 0.320 e. The number of amides is 2. The van der Waals surface area contributed by atoms with Gasteiger partial charge in [-0.15, -0.1) is 0 Å². The number of nitrogen functional groups attached to an aromatic ring is 1. The summed E-state index contributed by atoms with van der Waals surface area (Å²) < 4.78 is 0. The highest BCUT2D eigenvalue weighted by molar-refractivity contribution is 6.42. The number of para-hydroxylation sites is 1. The van der Waals surface area contributed by atoms with Crippen LogP contribution in [0.3, 0.4) is 0 Å². The molecule has 3 N–H and O–H groups in total. The Kier molecular flexibility index (Phi) is 5.74. The van der Waals surface area contributed by atoms with Crippen LogP contribution in [-0.2, 0) is 16.1 Å². The van der Waals surface area contributed by atoms with Crippen LogP contribution in [0.25, 0.3) is 0 Å². The van der Waals surface area contributed by atoms with Crippen LogP contribution in [-0.4, -0.2) is 11.8 Å².